The molecule has 3 aromatic rings. The smallest absolute Gasteiger partial charge is 0.248 e. The summed E-state index contributed by atoms with van der Waals surface area (Å²) in [6.07, 6.45) is 0.270. The summed E-state index contributed by atoms with van der Waals surface area (Å²) in [7, 11) is -3.97. The van der Waals surface area contributed by atoms with Crippen LogP contribution < -0.4 is 11.1 Å². The number of aryl methyl sites for hydroxylation is 3. The zero-order valence-electron chi connectivity index (χ0n) is 20.0. The molecule has 0 aliphatic carbocycles. The Hall–Kier alpha value is -3.49. The number of fused-ring (bicyclic) bond motifs is 1. The highest BCUT2D eigenvalue weighted by atomic mass is 32.2. The van der Waals surface area contributed by atoms with Gasteiger partial charge in [-0.05, 0) is 67.1 Å². The van der Waals surface area contributed by atoms with E-state index < -0.39 is 27.9 Å². The summed E-state index contributed by atoms with van der Waals surface area (Å²) in [6.45, 7) is 5.75. The number of nitrogens with zero attached hydrogens (tertiary/aromatic N) is 1. The molecule has 7 nitrogen and oxygen atoms in total. The van der Waals surface area contributed by atoms with Gasteiger partial charge in [-0.3, -0.25) is 9.59 Å². The molecule has 1 atom stereocenters. The van der Waals surface area contributed by atoms with Gasteiger partial charge in [0.2, 0.25) is 21.8 Å². The van der Waals surface area contributed by atoms with Gasteiger partial charge in [0.25, 0.3) is 0 Å². The van der Waals surface area contributed by atoms with Crippen molar-refractivity contribution in [3.05, 3.63) is 99.6 Å². The lowest BCUT2D eigenvalue weighted by atomic mass is 9.95. The summed E-state index contributed by atoms with van der Waals surface area (Å²) in [6, 6.07) is 17.1. The van der Waals surface area contributed by atoms with Crippen molar-refractivity contribution in [3.8, 4) is 0 Å². The minimum absolute atomic E-state index is 0.112. The van der Waals surface area contributed by atoms with E-state index in [1.54, 1.807) is 38.1 Å². The van der Waals surface area contributed by atoms with E-state index in [0.717, 1.165) is 16.7 Å². The Morgan fingerprint density at radius 2 is 1.63 bits per heavy atom. The molecule has 1 heterocycles. The molecule has 0 bridgehead atoms. The SMILES string of the molecule is Cc1cc(C)c(S(=O)(=O)N2Cc3ccccc3CC2C(=O)NCc2cccc(C(N)=O)c2)c(C)c1. The Morgan fingerprint density at radius 3 is 2.29 bits per heavy atom. The van der Waals surface area contributed by atoms with Crippen LogP contribution in [0.1, 0.15) is 43.7 Å². The molecule has 0 saturated carbocycles. The van der Waals surface area contributed by atoms with Gasteiger partial charge in [-0.15, -0.1) is 0 Å². The van der Waals surface area contributed by atoms with Crippen LogP contribution in [0, 0.1) is 20.8 Å². The number of rotatable bonds is 6. The maximum Gasteiger partial charge on any atom is 0.248 e. The van der Waals surface area contributed by atoms with Crippen LogP contribution in [0.25, 0.3) is 0 Å². The number of primary amides is 1. The van der Waals surface area contributed by atoms with E-state index in [1.165, 1.54) is 4.31 Å². The first-order valence-corrected chi connectivity index (χ1v) is 12.8. The molecule has 0 spiro atoms. The average molecular weight is 492 g/mol. The Labute approximate surface area is 206 Å². The van der Waals surface area contributed by atoms with Gasteiger partial charge in [-0.1, -0.05) is 54.1 Å². The van der Waals surface area contributed by atoms with Gasteiger partial charge in [0.15, 0.2) is 0 Å². The molecule has 3 aromatic carbocycles. The zero-order valence-corrected chi connectivity index (χ0v) is 20.9. The van der Waals surface area contributed by atoms with Crippen molar-refractivity contribution in [3.63, 3.8) is 0 Å². The number of hydrogen-bond acceptors (Lipinski definition) is 4. The second kappa shape index (κ2) is 9.64. The largest absolute Gasteiger partial charge is 0.366 e. The summed E-state index contributed by atoms with van der Waals surface area (Å²) < 4.78 is 29.2. The molecular weight excluding hydrogens is 462 g/mol. The maximum absolute atomic E-state index is 14.0. The first-order chi connectivity index (χ1) is 16.6. The van der Waals surface area contributed by atoms with Crippen molar-refractivity contribution in [2.45, 2.75) is 51.2 Å². The van der Waals surface area contributed by atoms with E-state index in [1.807, 2.05) is 43.3 Å². The predicted octanol–water partition coefficient (Wildman–Crippen LogP) is 3.14. The molecule has 3 N–H and O–H groups in total. The predicted molar refractivity (Wildman–Crippen MR) is 134 cm³/mol. The van der Waals surface area contributed by atoms with Crippen LogP contribution in [-0.2, 0) is 34.3 Å². The lowest BCUT2D eigenvalue weighted by Gasteiger charge is -2.35. The summed E-state index contributed by atoms with van der Waals surface area (Å²) in [5, 5.41) is 2.86. The second-order valence-corrected chi connectivity index (χ2v) is 10.9. The fourth-order valence-electron chi connectivity index (χ4n) is 4.81. The second-order valence-electron chi connectivity index (χ2n) is 9.05. The van der Waals surface area contributed by atoms with Crippen LogP contribution in [0.2, 0.25) is 0 Å². The van der Waals surface area contributed by atoms with Crippen molar-refractivity contribution >= 4 is 21.8 Å². The Morgan fingerprint density at radius 1 is 0.971 bits per heavy atom. The molecule has 8 heteroatoms. The molecule has 1 aliphatic heterocycles. The quantitative estimate of drug-likeness (QED) is 0.552. The summed E-state index contributed by atoms with van der Waals surface area (Å²) in [5.74, 6) is -0.946. The van der Waals surface area contributed by atoms with E-state index in [2.05, 4.69) is 5.32 Å². The zero-order chi connectivity index (χ0) is 25.3. The van der Waals surface area contributed by atoms with E-state index in [-0.39, 0.29) is 24.4 Å². The lowest BCUT2D eigenvalue weighted by Crippen LogP contribution is -2.52. The van der Waals surface area contributed by atoms with Crippen molar-refractivity contribution in [2.24, 2.45) is 5.73 Å². The minimum Gasteiger partial charge on any atom is -0.366 e. The molecule has 0 radical (unpaired) electrons. The van der Waals surface area contributed by atoms with Crippen LogP contribution in [-0.4, -0.2) is 30.6 Å². The van der Waals surface area contributed by atoms with Gasteiger partial charge < -0.3 is 11.1 Å². The molecule has 0 saturated heterocycles. The molecular formula is C27H29N3O4S. The number of carbonyl (C=O) groups is 2. The first-order valence-electron chi connectivity index (χ1n) is 11.4. The lowest BCUT2D eigenvalue weighted by molar-refractivity contribution is -0.125. The Balaban J connectivity index is 1.68. The number of sulfonamides is 1. The van der Waals surface area contributed by atoms with Crippen LogP contribution in [0.4, 0.5) is 0 Å². The van der Waals surface area contributed by atoms with Crippen LogP contribution >= 0.6 is 0 Å². The highest BCUT2D eigenvalue weighted by Gasteiger charge is 2.40. The molecule has 182 valence electrons. The average Bonchev–Trinajstić information content (AvgIpc) is 2.81. The van der Waals surface area contributed by atoms with Gasteiger partial charge in [0.1, 0.15) is 6.04 Å². The molecule has 1 unspecified atom stereocenters. The molecule has 35 heavy (non-hydrogen) atoms. The van der Waals surface area contributed by atoms with Crippen molar-refractivity contribution in [2.75, 3.05) is 0 Å². The Kier molecular flexibility index (Phi) is 6.78. The standard InChI is InChI=1S/C27H29N3O4S/c1-17-11-18(2)25(19(3)12-17)35(33,34)30-16-23-9-5-4-8-21(23)14-24(30)27(32)29-15-20-7-6-10-22(13-20)26(28)31/h4-13,24H,14-16H2,1-3H3,(H2,28,31)(H,29,32). The fourth-order valence-corrected chi connectivity index (χ4v) is 6.79. The van der Waals surface area contributed by atoms with E-state index in [4.69, 9.17) is 5.73 Å². The molecule has 1 aliphatic rings. The van der Waals surface area contributed by atoms with Gasteiger partial charge in [-0.25, -0.2) is 8.42 Å². The minimum atomic E-state index is -3.97. The molecule has 0 aromatic heterocycles. The number of nitrogens with two attached hydrogens (primary N) is 1. The highest BCUT2D eigenvalue weighted by Crippen LogP contribution is 2.32. The number of benzene rings is 3. The third-order valence-electron chi connectivity index (χ3n) is 6.36. The molecule has 2 amide bonds. The van der Waals surface area contributed by atoms with Gasteiger partial charge in [-0.2, -0.15) is 4.31 Å². The van der Waals surface area contributed by atoms with Crippen LogP contribution in [0.15, 0.2) is 65.6 Å². The van der Waals surface area contributed by atoms with E-state index in [9.17, 15) is 18.0 Å². The summed E-state index contributed by atoms with van der Waals surface area (Å²) in [5.41, 5.74) is 10.5. The highest BCUT2D eigenvalue weighted by molar-refractivity contribution is 7.89. The molecule has 4 rings (SSSR count). The van der Waals surface area contributed by atoms with Crippen molar-refractivity contribution in [1.82, 2.24) is 9.62 Å². The van der Waals surface area contributed by atoms with Crippen LogP contribution in [0.3, 0.4) is 0 Å². The van der Waals surface area contributed by atoms with Gasteiger partial charge in [0.05, 0.1) is 4.90 Å². The van der Waals surface area contributed by atoms with E-state index >= 15 is 0 Å². The third kappa shape index (κ3) is 4.99. The van der Waals surface area contributed by atoms with Gasteiger partial charge >= 0.3 is 0 Å². The topological polar surface area (TPSA) is 110 Å². The first kappa shape index (κ1) is 24.6. The van der Waals surface area contributed by atoms with Crippen LogP contribution in [0.5, 0.6) is 0 Å². The summed E-state index contributed by atoms with van der Waals surface area (Å²) >= 11 is 0. The van der Waals surface area contributed by atoms with E-state index in [0.29, 0.717) is 22.3 Å². The molecule has 0 fully saturated rings. The number of carbonyl (C=O) groups excluding carboxylic acids is 2. The third-order valence-corrected chi connectivity index (χ3v) is 8.52. The van der Waals surface area contributed by atoms with Gasteiger partial charge in [0, 0.05) is 18.7 Å². The van der Waals surface area contributed by atoms with Crippen molar-refractivity contribution in [1.29, 1.82) is 0 Å². The number of amides is 2. The number of hydrogen-bond donors (Lipinski definition) is 2. The number of nitrogens with one attached hydrogen (secondary N) is 1. The maximum atomic E-state index is 14.0. The normalized spacial score (nSPS) is 15.9. The monoisotopic (exact) mass is 491 g/mol. The fraction of sp³-hybridized carbons (Fsp3) is 0.259. The Bertz CT molecular complexity index is 1390. The van der Waals surface area contributed by atoms with Crippen molar-refractivity contribution < 1.29 is 18.0 Å². The summed E-state index contributed by atoms with van der Waals surface area (Å²) in [4.78, 5) is 25.1.